The Morgan fingerprint density at radius 3 is 2.43 bits per heavy atom. The minimum Gasteiger partial charge on any atom is -0.494 e. The zero-order valence-corrected chi connectivity index (χ0v) is 12.6. The summed E-state index contributed by atoms with van der Waals surface area (Å²) in [5, 5.41) is 11.6. The van der Waals surface area contributed by atoms with Crippen molar-refractivity contribution < 1.29 is 19.4 Å². The van der Waals surface area contributed by atoms with Crippen LogP contribution in [0.3, 0.4) is 0 Å². The Bertz CT molecular complexity index is 456. The molecule has 0 aliphatic rings. The molecule has 1 aromatic carbocycles. The van der Waals surface area contributed by atoms with Crippen LogP contribution in [-0.2, 0) is 16.0 Å². The summed E-state index contributed by atoms with van der Waals surface area (Å²) in [7, 11) is 0. The molecule has 1 unspecified atom stereocenters. The normalized spacial score (nSPS) is 11.7. The van der Waals surface area contributed by atoms with Crippen molar-refractivity contribution in [1.82, 2.24) is 5.32 Å². The number of carbonyl (C=O) groups excluding carboxylic acids is 1. The average Bonchev–Trinajstić information content (AvgIpc) is 2.45. The zero-order valence-electron chi connectivity index (χ0n) is 12.6. The van der Waals surface area contributed by atoms with Crippen molar-refractivity contribution in [3.63, 3.8) is 0 Å². The zero-order chi connectivity index (χ0) is 15.7. The molecule has 0 heterocycles. The van der Waals surface area contributed by atoms with E-state index in [1.165, 1.54) is 0 Å². The first-order valence-corrected chi connectivity index (χ1v) is 7.25. The van der Waals surface area contributed by atoms with Gasteiger partial charge in [-0.05, 0) is 30.5 Å². The molecular weight excluding hydrogens is 270 g/mol. The number of aliphatic carboxylic acids is 1. The highest BCUT2D eigenvalue weighted by Crippen LogP contribution is 2.12. The highest BCUT2D eigenvalue weighted by molar-refractivity contribution is 5.78. The maximum absolute atomic E-state index is 11.8. The van der Waals surface area contributed by atoms with E-state index in [0.717, 1.165) is 17.7 Å². The molecule has 21 heavy (non-hydrogen) atoms. The van der Waals surface area contributed by atoms with Crippen molar-refractivity contribution in [1.29, 1.82) is 0 Å². The second kappa shape index (κ2) is 9.00. The lowest BCUT2D eigenvalue weighted by Crippen LogP contribution is -2.31. The summed E-state index contributed by atoms with van der Waals surface area (Å²) in [6.45, 7) is 4.86. The Morgan fingerprint density at radius 1 is 1.24 bits per heavy atom. The molecule has 5 heteroatoms. The van der Waals surface area contributed by atoms with Gasteiger partial charge in [0.2, 0.25) is 5.91 Å². The minimum absolute atomic E-state index is 0.0215. The number of hydrogen-bond acceptors (Lipinski definition) is 3. The third-order valence-corrected chi connectivity index (χ3v) is 3.23. The van der Waals surface area contributed by atoms with Crippen LogP contribution in [0.4, 0.5) is 0 Å². The SMILES string of the molecule is CCOc1ccc(CC(=O)NCC(CC)CC(=O)O)cc1. The summed E-state index contributed by atoms with van der Waals surface area (Å²) in [5.41, 5.74) is 0.905. The second-order valence-corrected chi connectivity index (χ2v) is 4.93. The molecular formula is C16H23NO4. The first-order chi connectivity index (χ1) is 10.0. The van der Waals surface area contributed by atoms with Crippen molar-refractivity contribution in [2.45, 2.75) is 33.1 Å². The van der Waals surface area contributed by atoms with E-state index in [0.29, 0.717) is 13.2 Å². The van der Waals surface area contributed by atoms with E-state index < -0.39 is 5.97 Å². The predicted octanol–water partition coefficient (Wildman–Crippen LogP) is 2.24. The van der Waals surface area contributed by atoms with Crippen LogP contribution in [-0.4, -0.2) is 30.1 Å². The van der Waals surface area contributed by atoms with E-state index in [1.807, 2.05) is 38.1 Å². The first kappa shape index (κ1) is 17.0. The van der Waals surface area contributed by atoms with Crippen LogP contribution in [0.15, 0.2) is 24.3 Å². The number of benzene rings is 1. The standard InChI is InChI=1S/C16H23NO4/c1-3-12(10-16(19)20)11-17-15(18)9-13-5-7-14(8-6-13)21-4-2/h5-8,12H,3-4,9-11H2,1-2H3,(H,17,18)(H,19,20). The van der Waals surface area contributed by atoms with Crippen LogP contribution in [0, 0.1) is 5.92 Å². The van der Waals surface area contributed by atoms with E-state index in [9.17, 15) is 9.59 Å². The lowest BCUT2D eigenvalue weighted by Gasteiger charge is -2.13. The number of amides is 1. The van der Waals surface area contributed by atoms with Gasteiger partial charge in [-0.1, -0.05) is 25.5 Å². The van der Waals surface area contributed by atoms with E-state index in [-0.39, 0.29) is 24.7 Å². The molecule has 5 nitrogen and oxygen atoms in total. The molecule has 2 N–H and O–H groups in total. The molecule has 1 aromatic rings. The Hall–Kier alpha value is -2.04. The van der Waals surface area contributed by atoms with E-state index in [1.54, 1.807) is 0 Å². The van der Waals surface area contributed by atoms with Crippen LogP contribution in [0.2, 0.25) is 0 Å². The van der Waals surface area contributed by atoms with Gasteiger partial charge in [0.1, 0.15) is 5.75 Å². The summed E-state index contributed by atoms with van der Waals surface area (Å²) in [6, 6.07) is 7.40. The van der Waals surface area contributed by atoms with Gasteiger partial charge >= 0.3 is 5.97 Å². The molecule has 0 saturated heterocycles. The van der Waals surface area contributed by atoms with Gasteiger partial charge in [0.05, 0.1) is 13.0 Å². The highest BCUT2D eigenvalue weighted by atomic mass is 16.5. The van der Waals surface area contributed by atoms with Crippen molar-refractivity contribution in [3.05, 3.63) is 29.8 Å². The van der Waals surface area contributed by atoms with Crippen LogP contribution >= 0.6 is 0 Å². The van der Waals surface area contributed by atoms with Gasteiger partial charge in [-0.3, -0.25) is 9.59 Å². The molecule has 1 amide bonds. The van der Waals surface area contributed by atoms with Gasteiger partial charge in [0.25, 0.3) is 0 Å². The summed E-state index contributed by atoms with van der Waals surface area (Å²) in [5.74, 6) is -0.161. The molecule has 0 spiro atoms. The van der Waals surface area contributed by atoms with E-state index >= 15 is 0 Å². The monoisotopic (exact) mass is 293 g/mol. The van der Waals surface area contributed by atoms with Crippen molar-refractivity contribution >= 4 is 11.9 Å². The third-order valence-electron chi connectivity index (χ3n) is 3.23. The fourth-order valence-corrected chi connectivity index (χ4v) is 1.98. The fourth-order valence-electron chi connectivity index (χ4n) is 1.98. The number of carboxylic acids is 1. The first-order valence-electron chi connectivity index (χ1n) is 7.25. The van der Waals surface area contributed by atoms with Crippen LogP contribution in [0.5, 0.6) is 5.75 Å². The molecule has 0 fully saturated rings. The summed E-state index contributed by atoms with van der Waals surface area (Å²) >= 11 is 0. The lowest BCUT2D eigenvalue weighted by atomic mass is 10.0. The average molecular weight is 293 g/mol. The molecule has 0 aliphatic carbocycles. The maximum atomic E-state index is 11.8. The van der Waals surface area contributed by atoms with Crippen LogP contribution in [0.1, 0.15) is 32.3 Å². The molecule has 1 atom stereocenters. The topological polar surface area (TPSA) is 75.6 Å². The van der Waals surface area contributed by atoms with Gasteiger partial charge in [-0.2, -0.15) is 0 Å². The molecule has 116 valence electrons. The number of rotatable bonds is 9. The minimum atomic E-state index is -0.831. The maximum Gasteiger partial charge on any atom is 0.303 e. The van der Waals surface area contributed by atoms with Crippen molar-refractivity contribution in [3.8, 4) is 5.75 Å². The van der Waals surface area contributed by atoms with Gasteiger partial charge in [0, 0.05) is 13.0 Å². The van der Waals surface area contributed by atoms with Gasteiger partial charge in [-0.15, -0.1) is 0 Å². The van der Waals surface area contributed by atoms with Crippen molar-refractivity contribution in [2.24, 2.45) is 5.92 Å². The second-order valence-electron chi connectivity index (χ2n) is 4.93. The Labute approximate surface area is 125 Å². The summed E-state index contributed by atoms with van der Waals surface area (Å²) < 4.78 is 5.34. The van der Waals surface area contributed by atoms with Crippen molar-refractivity contribution in [2.75, 3.05) is 13.2 Å². The third kappa shape index (κ3) is 6.79. The number of hydrogen-bond donors (Lipinski definition) is 2. The van der Waals surface area contributed by atoms with Crippen LogP contribution in [0.25, 0.3) is 0 Å². The molecule has 0 bridgehead atoms. The van der Waals surface area contributed by atoms with Gasteiger partial charge in [0.15, 0.2) is 0 Å². The Kier molecular flexibility index (Phi) is 7.29. The van der Waals surface area contributed by atoms with Crippen LogP contribution < -0.4 is 10.1 Å². The predicted molar refractivity (Wildman–Crippen MR) is 80.4 cm³/mol. The van der Waals surface area contributed by atoms with Gasteiger partial charge in [-0.25, -0.2) is 0 Å². The molecule has 0 aliphatic heterocycles. The van der Waals surface area contributed by atoms with Gasteiger partial charge < -0.3 is 15.2 Å². The number of ether oxygens (including phenoxy) is 1. The highest BCUT2D eigenvalue weighted by Gasteiger charge is 2.12. The summed E-state index contributed by atoms with van der Waals surface area (Å²) in [4.78, 5) is 22.5. The molecule has 0 saturated carbocycles. The molecule has 0 radical (unpaired) electrons. The lowest BCUT2D eigenvalue weighted by molar-refractivity contribution is -0.138. The smallest absolute Gasteiger partial charge is 0.303 e. The van der Waals surface area contributed by atoms with E-state index in [2.05, 4.69) is 5.32 Å². The molecule has 0 aromatic heterocycles. The largest absolute Gasteiger partial charge is 0.494 e. The Morgan fingerprint density at radius 2 is 1.90 bits per heavy atom. The summed E-state index contributed by atoms with van der Waals surface area (Å²) in [6.07, 6.45) is 1.10. The molecule has 1 rings (SSSR count). The number of nitrogens with one attached hydrogen (secondary N) is 1. The van der Waals surface area contributed by atoms with E-state index in [4.69, 9.17) is 9.84 Å². The number of carboxylic acid groups (broad SMARTS) is 1. The quantitative estimate of drug-likeness (QED) is 0.732. The Balaban J connectivity index is 2.40. The number of carbonyl (C=O) groups is 2. The fraction of sp³-hybridized carbons (Fsp3) is 0.500.